The van der Waals surface area contributed by atoms with E-state index < -0.39 is 0 Å². The molecular weight excluding hydrogens is 328 g/mol. The Labute approximate surface area is 153 Å². The van der Waals surface area contributed by atoms with Crippen LogP contribution in [0.5, 0.6) is 0 Å². The Balaban J connectivity index is 1.83. The molecule has 2 heterocycles. The third kappa shape index (κ3) is 3.72. The summed E-state index contributed by atoms with van der Waals surface area (Å²) in [7, 11) is 0. The number of nitrogens with one attached hydrogen (secondary N) is 1. The van der Waals surface area contributed by atoms with Crippen molar-refractivity contribution in [1.82, 2.24) is 10.5 Å². The van der Waals surface area contributed by atoms with Crippen molar-refractivity contribution in [3.63, 3.8) is 0 Å². The van der Waals surface area contributed by atoms with E-state index in [2.05, 4.69) is 43.4 Å². The van der Waals surface area contributed by atoms with E-state index in [1.165, 1.54) is 5.56 Å². The highest BCUT2D eigenvalue weighted by molar-refractivity contribution is 6.00. The molecule has 3 aromatic rings. The molecule has 0 saturated heterocycles. The average molecular weight is 352 g/mol. The van der Waals surface area contributed by atoms with Gasteiger partial charge in [0.2, 0.25) is 0 Å². The van der Waals surface area contributed by atoms with Crippen LogP contribution in [0.15, 0.2) is 45.3 Å². The van der Waals surface area contributed by atoms with E-state index in [1.54, 1.807) is 6.92 Å². The first kappa shape index (κ1) is 18.0. The number of benzene rings is 1. The summed E-state index contributed by atoms with van der Waals surface area (Å²) in [5.41, 5.74) is 3.14. The molecule has 0 saturated carbocycles. The van der Waals surface area contributed by atoms with E-state index in [0.717, 1.165) is 11.3 Å². The minimum atomic E-state index is -0.229. The van der Waals surface area contributed by atoms with Crippen LogP contribution in [0.1, 0.15) is 53.9 Å². The number of carbonyl (C=O) groups is 1. The molecule has 0 aliphatic heterocycles. The molecule has 136 valence electrons. The second-order valence-electron chi connectivity index (χ2n) is 7.49. The topological polar surface area (TPSA) is 68.3 Å². The van der Waals surface area contributed by atoms with Gasteiger partial charge in [-0.3, -0.25) is 4.79 Å². The zero-order valence-corrected chi connectivity index (χ0v) is 15.8. The summed E-state index contributed by atoms with van der Waals surface area (Å²) in [5.74, 6) is 1.78. The zero-order valence-electron chi connectivity index (χ0n) is 15.8. The SMILES string of the molecule is Cc1ccc(CNC(=O)c2c(C)noc2-c2ccc(C(C)(C)C)cc2)o1. The minimum absolute atomic E-state index is 0.0667. The maximum absolute atomic E-state index is 12.7. The molecule has 2 aromatic heterocycles. The third-order valence-electron chi connectivity index (χ3n) is 4.32. The van der Waals surface area contributed by atoms with Crippen molar-refractivity contribution in [3.05, 3.63) is 64.7 Å². The molecule has 0 aliphatic carbocycles. The quantitative estimate of drug-likeness (QED) is 0.734. The Morgan fingerprint density at radius 3 is 2.35 bits per heavy atom. The van der Waals surface area contributed by atoms with Crippen molar-refractivity contribution < 1.29 is 13.7 Å². The molecule has 0 bridgehead atoms. The Bertz CT molecular complexity index is 912. The minimum Gasteiger partial charge on any atom is -0.465 e. The molecule has 0 radical (unpaired) electrons. The van der Waals surface area contributed by atoms with Crippen molar-refractivity contribution >= 4 is 5.91 Å². The van der Waals surface area contributed by atoms with Gasteiger partial charge in [0.05, 0.1) is 12.2 Å². The molecule has 0 spiro atoms. The predicted octanol–water partition coefficient (Wildman–Crippen LogP) is 4.78. The van der Waals surface area contributed by atoms with Gasteiger partial charge in [0.1, 0.15) is 17.1 Å². The van der Waals surface area contributed by atoms with E-state index in [1.807, 2.05) is 31.2 Å². The molecule has 1 N–H and O–H groups in total. The van der Waals surface area contributed by atoms with E-state index in [4.69, 9.17) is 8.94 Å². The van der Waals surface area contributed by atoms with Crippen LogP contribution >= 0.6 is 0 Å². The molecule has 3 rings (SSSR count). The molecule has 0 fully saturated rings. The van der Waals surface area contributed by atoms with E-state index in [9.17, 15) is 4.79 Å². The van der Waals surface area contributed by atoms with Crippen LogP contribution in [0, 0.1) is 13.8 Å². The average Bonchev–Trinajstić information content (AvgIpc) is 3.18. The fourth-order valence-electron chi connectivity index (χ4n) is 2.79. The number of amides is 1. The lowest BCUT2D eigenvalue weighted by Crippen LogP contribution is -2.23. The smallest absolute Gasteiger partial charge is 0.257 e. The zero-order chi connectivity index (χ0) is 18.9. The normalized spacial score (nSPS) is 11.6. The fourth-order valence-corrected chi connectivity index (χ4v) is 2.79. The maximum Gasteiger partial charge on any atom is 0.257 e. The number of rotatable bonds is 4. The number of hydrogen-bond donors (Lipinski definition) is 1. The summed E-state index contributed by atoms with van der Waals surface area (Å²) < 4.78 is 10.9. The summed E-state index contributed by atoms with van der Waals surface area (Å²) in [6, 6.07) is 11.8. The summed E-state index contributed by atoms with van der Waals surface area (Å²) in [6.07, 6.45) is 0. The lowest BCUT2D eigenvalue weighted by Gasteiger charge is -2.18. The van der Waals surface area contributed by atoms with Gasteiger partial charge in [0.25, 0.3) is 5.91 Å². The van der Waals surface area contributed by atoms with Crippen LogP contribution in [0.3, 0.4) is 0 Å². The van der Waals surface area contributed by atoms with Gasteiger partial charge < -0.3 is 14.3 Å². The molecule has 1 aromatic carbocycles. The molecule has 1 amide bonds. The number of nitrogens with zero attached hydrogens (tertiary/aromatic N) is 1. The number of aromatic nitrogens is 1. The van der Waals surface area contributed by atoms with Crippen molar-refractivity contribution in [1.29, 1.82) is 0 Å². The Kier molecular flexibility index (Phi) is 4.72. The highest BCUT2D eigenvalue weighted by atomic mass is 16.5. The van der Waals surface area contributed by atoms with Gasteiger partial charge >= 0.3 is 0 Å². The van der Waals surface area contributed by atoms with Gasteiger partial charge in [-0.2, -0.15) is 0 Å². The Morgan fingerprint density at radius 1 is 1.08 bits per heavy atom. The lowest BCUT2D eigenvalue weighted by molar-refractivity contribution is 0.0947. The van der Waals surface area contributed by atoms with Gasteiger partial charge in [-0.1, -0.05) is 50.2 Å². The predicted molar refractivity (Wildman–Crippen MR) is 100.0 cm³/mol. The van der Waals surface area contributed by atoms with Gasteiger partial charge in [-0.25, -0.2) is 0 Å². The van der Waals surface area contributed by atoms with Crippen LogP contribution in [-0.4, -0.2) is 11.1 Å². The van der Waals surface area contributed by atoms with E-state index in [0.29, 0.717) is 29.3 Å². The van der Waals surface area contributed by atoms with Crippen LogP contribution in [0.2, 0.25) is 0 Å². The molecule has 5 heteroatoms. The van der Waals surface area contributed by atoms with Crippen molar-refractivity contribution in [2.24, 2.45) is 0 Å². The van der Waals surface area contributed by atoms with Crippen LogP contribution in [-0.2, 0) is 12.0 Å². The molecule has 0 atom stereocenters. The van der Waals surface area contributed by atoms with Crippen LogP contribution in [0.4, 0.5) is 0 Å². The number of carbonyl (C=O) groups excluding carboxylic acids is 1. The summed E-state index contributed by atoms with van der Waals surface area (Å²) in [6.45, 7) is 10.4. The second-order valence-corrected chi connectivity index (χ2v) is 7.49. The van der Waals surface area contributed by atoms with Gasteiger partial charge in [0, 0.05) is 5.56 Å². The lowest BCUT2D eigenvalue weighted by atomic mass is 9.86. The summed E-state index contributed by atoms with van der Waals surface area (Å²) in [4.78, 5) is 12.7. The summed E-state index contributed by atoms with van der Waals surface area (Å²) >= 11 is 0. The van der Waals surface area contributed by atoms with Gasteiger partial charge in [-0.15, -0.1) is 0 Å². The second kappa shape index (κ2) is 6.83. The third-order valence-corrected chi connectivity index (χ3v) is 4.32. The highest BCUT2D eigenvalue weighted by Crippen LogP contribution is 2.29. The fraction of sp³-hybridized carbons (Fsp3) is 0.333. The number of hydrogen-bond acceptors (Lipinski definition) is 4. The van der Waals surface area contributed by atoms with Crippen LogP contribution < -0.4 is 5.32 Å². The molecule has 0 aliphatic rings. The molecule has 0 unspecified atom stereocenters. The highest BCUT2D eigenvalue weighted by Gasteiger charge is 2.22. The Morgan fingerprint density at radius 2 is 1.77 bits per heavy atom. The first-order valence-corrected chi connectivity index (χ1v) is 8.66. The Hall–Kier alpha value is -2.82. The first-order valence-electron chi connectivity index (χ1n) is 8.66. The summed E-state index contributed by atoms with van der Waals surface area (Å²) in [5, 5.41) is 6.85. The van der Waals surface area contributed by atoms with Crippen molar-refractivity contribution in [3.8, 4) is 11.3 Å². The van der Waals surface area contributed by atoms with E-state index >= 15 is 0 Å². The largest absolute Gasteiger partial charge is 0.465 e. The molecule has 26 heavy (non-hydrogen) atoms. The maximum atomic E-state index is 12.7. The monoisotopic (exact) mass is 352 g/mol. The first-order chi connectivity index (χ1) is 12.3. The van der Waals surface area contributed by atoms with E-state index in [-0.39, 0.29) is 11.3 Å². The number of furan rings is 1. The molecular formula is C21H24N2O3. The van der Waals surface area contributed by atoms with Gasteiger partial charge in [-0.05, 0) is 37.0 Å². The standard InChI is InChI=1S/C21H24N2O3/c1-13-6-11-17(25-13)12-22-20(24)18-14(2)23-26-19(18)15-7-9-16(10-8-15)21(3,4)5/h6-11H,12H2,1-5H3,(H,22,24). The van der Waals surface area contributed by atoms with Crippen molar-refractivity contribution in [2.75, 3.05) is 0 Å². The molecule has 5 nitrogen and oxygen atoms in total. The van der Waals surface area contributed by atoms with Crippen LogP contribution in [0.25, 0.3) is 11.3 Å². The van der Waals surface area contributed by atoms with Gasteiger partial charge in [0.15, 0.2) is 5.76 Å². The number of aryl methyl sites for hydroxylation is 2. The van der Waals surface area contributed by atoms with Crippen molar-refractivity contribution in [2.45, 2.75) is 46.6 Å².